The maximum absolute atomic E-state index is 14.1. The Balaban J connectivity index is 2.18. The normalized spacial score (nSPS) is 15.9. The Hall–Kier alpha value is -6.75. The molecule has 0 bridgehead atoms. The molecule has 1 aromatic rings. The van der Waals surface area contributed by atoms with Gasteiger partial charge in [-0.05, 0) is 104 Å². The summed E-state index contributed by atoms with van der Waals surface area (Å²) in [4.78, 5) is 132. The van der Waals surface area contributed by atoms with Crippen molar-refractivity contribution < 1.29 is 48.3 Å². The minimum Gasteiger partial charge on any atom is -0.477 e. The van der Waals surface area contributed by atoms with Gasteiger partial charge in [0.25, 0.3) is 0 Å². The van der Waals surface area contributed by atoms with Crippen LogP contribution < -0.4 is 77.4 Å². The van der Waals surface area contributed by atoms with Crippen molar-refractivity contribution in [2.75, 3.05) is 45.8 Å². The minimum atomic E-state index is -1.45. The molecule has 1 fully saturated rings. The Morgan fingerprint density at radius 2 is 1.41 bits per heavy atom. The number of imidazole rings is 1. The number of likely N-dealkylation sites (tertiary alicyclic amines) is 1. The number of nitrogens with two attached hydrogens (primary N) is 7. The molecule has 0 saturated carbocycles. The van der Waals surface area contributed by atoms with Crippen LogP contribution in [0.25, 0.3) is 0 Å². The number of rotatable bonds is 34. The molecular weight excluding hydrogens is 929 g/mol. The van der Waals surface area contributed by atoms with Crippen LogP contribution in [-0.4, -0.2) is 167 Å². The van der Waals surface area contributed by atoms with Crippen molar-refractivity contribution in [1.29, 1.82) is 0 Å². The van der Waals surface area contributed by atoms with Crippen LogP contribution in [0.1, 0.15) is 89.7 Å². The molecule has 398 valence electrons. The average molecular weight is 1010 g/mol. The zero-order valence-corrected chi connectivity index (χ0v) is 40.4. The average Bonchev–Trinajstić information content (AvgIpc) is 4.05. The highest BCUT2D eigenvalue weighted by molar-refractivity contribution is 5.99. The maximum Gasteiger partial charge on any atom is 0.352 e. The van der Waals surface area contributed by atoms with Gasteiger partial charge < -0.3 is 92.3 Å². The predicted octanol–water partition coefficient (Wildman–Crippen LogP) is -6.08. The van der Waals surface area contributed by atoms with Crippen LogP contribution in [0.2, 0.25) is 0 Å². The van der Waals surface area contributed by atoms with Gasteiger partial charge in [-0.15, -0.1) is 0 Å². The first-order valence-electron chi connectivity index (χ1n) is 23.8. The van der Waals surface area contributed by atoms with Gasteiger partial charge in [0.2, 0.25) is 47.3 Å². The van der Waals surface area contributed by atoms with Crippen molar-refractivity contribution in [3.63, 3.8) is 0 Å². The summed E-state index contributed by atoms with van der Waals surface area (Å²) >= 11 is 0. The number of guanidine groups is 1. The molecule has 28 heteroatoms. The second-order valence-electron chi connectivity index (χ2n) is 16.9. The Kier molecular flexibility index (Phi) is 28.0. The predicted molar refractivity (Wildman–Crippen MR) is 260 cm³/mol. The molecule has 2 heterocycles. The van der Waals surface area contributed by atoms with Crippen LogP contribution >= 0.6 is 0 Å². The van der Waals surface area contributed by atoms with E-state index in [1.807, 2.05) is 0 Å². The third-order valence-electron chi connectivity index (χ3n) is 11.2. The van der Waals surface area contributed by atoms with E-state index >= 15 is 0 Å². The van der Waals surface area contributed by atoms with E-state index in [-0.39, 0.29) is 77.2 Å². The fourth-order valence-corrected chi connectivity index (χ4v) is 7.32. The lowest BCUT2D eigenvalue weighted by Gasteiger charge is -2.30. The number of aliphatic carboxylic acids is 1. The number of nitrogens with zero attached hydrogens (tertiary/aromatic N) is 3. The fraction of sp³-hybridized carbons (Fsp3) is 0.651. The highest BCUT2D eigenvalue weighted by atomic mass is 16.4. The topological polar surface area (TPSA) is 484 Å². The number of aromatic nitrogens is 2. The zero-order chi connectivity index (χ0) is 52.9. The van der Waals surface area contributed by atoms with Gasteiger partial charge in [-0.25, -0.2) is 9.78 Å². The molecular formula is C43H76N18O10. The number of carboxylic acid groups (broad SMARTS) is 1. The second kappa shape index (κ2) is 32.9. The van der Waals surface area contributed by atoms with Crippen molar-refractivity contribution in [2.24, 2.45) is 45.1 Å². The van der Waals surface area contributed by atoms with E-state index in [9.17, 15) is 48.3 Å². The van der Waals surface area contributed by atoms with E-state index in [0.717, 1.165) is 0 Å². The maximum atomic E-state index is 14.1. The van der Waals surface area contributed by atoms with Crippen molar-refractivity contribution >= 4 is 59.2 Å². The number of carboxylic acids is 1. The van der Waals surface area contributed by atoms with Gasteiger partial charge in [0.05, 0.1) is 18.9 Å². The van der Waals surface area contributed by atoms with Gasteiger partial charge in [0.1, 0.15) is 41.9 Å². The molecule has 28 nitrogen and oxygen atoms in total. The van der Waals surface area contributed by atoms with Gasteiger partial charge in [0.15, 0.2) is 5.96 Å². The summed E-state index contributed by atoms with van der Waals surface area (Å²) in [6, 6.07) is -8.00. The molecule has 7 atom stereocenters. The van der Waals surface area contributed by atoms with Gasteiger partial charge in [-0.1, -0.05) is 12.5 Å². The van der Waals surface area contributed by atoms with Crippen LogP contribution in [0.5, 0.6) is 0 Å². The standard InChI is InChI=1S/C43H76N18O10/c1-25(55-37(65)29(14-18-47)57-36(64)27(48)9-2-4-15-44)35(63)53-23-34(62)56-30(11-6-17-46)41(69)61-20-8-13-33(61)40(68)60-32(21-26-22-51-24-54-26)39(67)58-28(10-3-5-16-45)38(66)59-31(42(70)71)12-7-19-52-43(49)50/h12,22,24-25,27-30,32-33H,2-11,13-21,23,44-48H2,1H3,(H,51,54)(H,53,63)(H,55,65)(H,56,62)(H,57,64)(H,58,67)(H,59,66)(H,60,68)(H,70,71)(H4,49,50,52)/b31-12-/t25-,27-,28-,29-,30+,32-,33-/m0/s1. The van der Waals surface area contributed by atoms with E-state index < -0.39 is 108 Å². The first-order chi connectivity index (χ1) is 33.9. The summed E-state index contributed by atoms with van der Waals surface area (Å²) in [5.41, 5.74) is 39.2. The second-order valence-corrected chi connectivity index (χ2v) is 16.9. The highest BCUT2D eigenvalue weighted by Gasteiger charge is 2.39. The Labute approximate surface area is 412 Å². The first-order valence-corrected chi connectivity index (χ1v) is 23.8. The Morgan fingerprint density at radius 3 is 2.03 bits per heavy atom. The molecule has 0 spiro atoms. The number of carbonyl (C=O) groups is 9. The number of hydrogen-bond donors (Lipinski definition) is 16. The number of H-pyrrole nitrogens is 1. The Bertz CT molecular complexity index is 1960. The summed E-state index contributed by atoms with van der Waals surface area (Å²) in [5.74, 6) is -7.39. The number of carbonyl (C=O) groups excluding carboxylic acids is 8. The van der Waals surface area contributed by atoms with Crippen molar-refractivity contribution in [3.8, 4) is 0 Å². The lowest BCUT2D eigenvalue weighted by Crippen LogP contribution is -2.58. The summed E-state index contributed by atoms with van der Waals surface area (Å²) in [7, 11) is 0. The number of aromatic amines is 1. The molecule has 0 aromatic carbocycles. The van der Waals surface area contributed by atoms with Gasteiger partial charge in [0, 0.05) is 31.4 Å². The number of aliphatic imine (C=N–C) groups is 1. The molecule has 0 unspecified atom stereocenters. The van der Waals surface area contributed by atoms with Crippen LogP contribution in [0, 0.1) is 0 Å². The lowest BCUT2D eigenvalue weighted by molar-refractivity contribution is -0.142. The molecule has 2 rings (SSSR count). The van der Waals surface area contributed by atoms with E-state index in [0.29, 0.717) is 57.2 Å². The molecule has 1 aliphatic heterocycles. The zero-order valence-electron chi connectivity index (χ0n) is 40.4. The van der Waals surface area contributed by atoms with Crippen LogP contribution in [0.15, 0.2) is 29.3 Å². The number of nitrogens with one attached hydrogen (secondary N) is 8. The minimum absolute atomic E-state index is 0.0417. The van der Waals surface area contributed by atoms with Gasteiger partial charge >= 0.3 is 5.97 Å². The van der Waals surface area contributed by atoms with E-state index in [1.165, 1.54) is 30.4 Å². The van der Waals surface area contributed by atoms with Crippen molar-refractivity contribution in [1.82, 2.24) is 52.1 Å². The first kappa shape index (κ1) is 60.4. The Morgan fingerprint density at radius 1 is 0.775 bits per heavy atom. The third-order valence-corrected chi connectivity index (χ3v) is 11.2. The van der Waals surface area contributed by atoms with E-state index in [2.05, 4.69) is 52.2 Å². The molecule has 8 amide bonds. The van der Waals surface area contributed by atoms with Crippen LogP contribution in [-0.2, 0) is 49.6 Å². The molecule has 0 aliphatic carbocycles. The molecule has 1 aromatic heterocycles. The van der Waals surface area contributed by atoms with E-state index in [1.54, 1.807) is 0 Å². The quantitative estimate of drug-likeness (QED) is 0.0132. The van der Waals surface area contributed by atoms with Crippen LogP contribution in [0.4, 0.5) is 0 Å². The monoisotopic (exact) mass is 1000 g/mol. The fourth-order valence-electron chi connectivity index (χ4n) is 7.32. The number of hydrogen-bond acceptors (Lipinski definition) is 16. The molecule has 23 N–H and O–H groups in total. The highest BCUT2D eigenvalue weighted by Crippen LogP contribution is 2.20. The third kappa shape index (κ3) is 22.3. The smallest absolute Gasteiger partial charge is 0.352 e. The lowest BCUT2D eigenvalue weighted by atomic mass is 10.1. The number of amides is 8. The van der Waals surface area contributed by atoms with Gasteiger partial charge in [-0.3, -0.25) is 43.3 Å². The van der Waals surface area contributed by atoms with Crippen molar-refractivity contribution in [2.45, 2.75) is 133 Å². The van der Waals surface area contributed by atoms with Gasteiger partial charge in [-0.2, -0.15) is 0 Å². The summed E-state index contributed by atoms with van der Waals surface area (Å²) in [6.45, 7) is 1.87. The molecule has 1 saturated heterocycles. The van der Waals surface area contributed by atoms with Crippen molar-refractivity contribution in [3.05, 3.63) is 30.0 Å². The summed E-state index contributed by atoms with van der Waals surface area (Å²) < 4.78 is 0. The van der Waals surface area contributed by atoms with Crippen LogP contribution in [0.3, 0.4) is 0 Å². The largest absolute Gasteiger partial charge is 0.477 e. The molecule has 71 heavy (non-hydrogen) atoms. The summed E-state index contributed by atoms with van der Waals surface area (Å²) in [5, 5.41) is 27.5. The van der Waals surface area contributed by atoms with E-state index in [4.69, 9.17) is 40.1 Å². The SMILES string of the molecule is C[C@H](NC(=O)[C@H](CCN)NC(=O)[C@@H](N)CCCCN)C(=O)NCC(=O)N[C@H](CCCN)C(=O)N1CCC[C@H]1C(=O)N[C@@H](Cc1cnc[nH]1)C(=O)N[C@@H](CCCCN)C(=O)N/C(=C\CCN=C(N)N)C(=O)O. The molecule has 1 aliphatic rings. The summed E-state index contributed by atoms with van der Waals surface area (Å²) in [6.07, 6.45) is 7.54. The molecule has 0 radical (unpaired) electrons. The number of unbranched alkanes of at least 4 members (excludes halogenated alkanes) is 2.